The molecule has 1 N–H and O–H groups in total. The Morgan fingerprint density at radius 1 is 0.467 bits per heavy atom. The zero-order valence-corrected chi connectivity index (χ0v) is 50.9. The van der Waals surface area contributed by atoms with Gasteiger partial charge in [0, 0.05) is 12.8 Å². The fraction of sp³-hybridized carbons (Fsp3) is 0.815. The van der Waals surface area contributed by atoms with Gasteiger partial charge < -0.3 is 28.5 Å². The van der Waals surface area contributed by atoms with Gasteiger partial charge in [0.1, 0.15) is 19.3 Å². The van der Waals surface area contributed by atoms with E-state index < -0.39 is 26.6 Å². The van der Waals surface area contributed by atoms with E-state index in [1.54, 1.807) is 0 Å². The van der Waals surface area contributed by atoms with E-state index in [1.807, 2.05) is 33.3 Å². The lowest BCUT2D eigenvalue weighted by atomic mass is 10.0. The fourth-order valence-electron chi connectivity index (χ4n) is 8.99. The van der Waals surface area contributed by atoms with Crippen LogP contribution >= 0.6 is 7.82 Å². The number of phosphoric acid groups is 1. The lowest BCUT2D eigenvalue weighted by Crippen LogP contribution is -2.47. The number of likely N-dealkylation sites (N-methyl/N-ethyl adjacent to an activating group) is 1. The van der Waals surface area contributed by atoms with Crippen molar-refractivity contribution in [3.63, 3.8) is 0 Å². The number of carbonyl (C=O) groups is 2. The molecule has 0 rings (SSSR count). The molecule has 9 nitrogen and oxygen atoms in total. The average molecular weight is 1070 g/mol. The van der Waals surface area contributed by atoms with E-state index in [4.69, 9.17) is 13.8 Å². The Bertz CT molecular complexity index is 1470. The molecule has 0 aliphatic rings. The van der Waals surface area contributed by atoms with Crippen LogP contribution in [0.3, 0.4) is 0 Å². The molecule has 0 heterocycles. The van der Waals surface area contributed by atoms with Crippen molar-refractivity contribution < 1.29 is 37.3 Å². The van der Waals surface area contributed by atoms with Gasteiger partial charge in [-0.15, -0.1) is 0 Å². The first kappa shape index (κ1) is 72.7. The van der Waals surface area contributed by atoms with E-state index in [9.17, 15) is 19.0 Å². The molecule has 0 aromatic heterocycles. The van der Waals surface area contributed by atoms with Gasteiger partial charge in [-0.05, 0) is 96.0 Å². The normalized spacial score (nSPS) is 14.1. The largest absolute Gasteiger partial charge is 0.756 e. The van der Waals surface area contributed by atoms with Gasteiger partial charge in [-0.1, -0.05) is 242 Å². The summed E-state index contributed by atoms with van der Waals surface area (Å²) in [6.45, 7) is 6.81. The summed E-state index contributed by atoms with van der Waals surface area (Å²) < 4.78 is 30.3. The highest BCUT2D eigenvalue weighted by atomic mass is 31.2. The summed E-state index contributed by atoms with van der Waals surface area (Å²) in [5.41, 5.74) is 0. The highest BCUT2D eigenvalue weighted by Gasteiger charge is 2.27. The van der Waals surface area contributed by atoms with Crippen molar-refractivity contribution in [1.82, 2.24) is 5.32 Å². The van der Waals surface area contributed by atoms with E-state index >= 15 is 0 Å². The summed E-state index contributed by atoms with van der Waals surface area (Å²) in [5.74, 6) is -0.559. The number of rotatable bonds is 57. The molecule has 0 aromatic rings. The molecule has 75 heavy (non-hydrogen) atoms. The molecule has 0 aliphatic carbocycles. The number of allylic oxidation sites excluding steroid dienone is 9. The third-order valence-electron chi connectivity index (χ3n) is 13.9. The Morgan fingerprint density at radius 2 is 0.813 bits per heavy atom. The third-order valence-corrected chi connectivity index (χ3v) is 14.9. The monoisotopic (exact) mass is 1070 g/mol. The maximum Gasteiger partial charge on any atom is 0.306 e. The van der Waals surface area contributed by atoms with E-state index in [0.717, 1.165) is 83.5 Å². The van der Waals surface area contributed by atoms with Crippen LogP contribution in [-0.2, 0) is 27.9 Å². The topological polar surface area (TPSA) is 114 Å². The van der Waals surface area contributed by atoms with Crippen molar-refractivity contribution in [2.75, 3.05) is 40.9 Å². The molecule has 1 amide bonds. The van der Waals surface area contributed by atoms with Crippen molar-refractivity contribution in [3.8, 4) is 0 Å². The number of hydrogen-bond acceptors (Lipinski definition) is 7. The van der Waals surface area contributed by atoms with E-state index in [-0.39, 0.29) is 24.9 Å². The molecule has 0 aliphatic heterocycles. The summed E-state index contributed by atoms with van der Waals surface area (Å²) in [5, 5.41) is 3.02. The zero-order valence-electron chi connectivity index (χ0n) is 50.0. The minimum Gasteiger partial charge on any atom is -0.756 e. The third kappa shape index (κ3) is 56.2. The zero-order chi connectivity index (χ0) is 55.0. The molecule has 3 unspecified atom stereocenters. The standard InChI is InChI=1S/C65H121N2O7P/c1-7-10-13-16-19-22-25-28-29-30-31-32-33-34-35-36-37-40-43-46-49-52-55-58-65(69)74-63(56-53-50-47-44-41-38-26-23-20-17-14-11-8-2)62(61-73-75(70,71)72-60-59-67(4,5)6)66-64(68)57-54-51-48-45-42-39-27-24-21-18-15-12-9-3/h19,22,28-29,31-32,39,42,53,56,62-63H,7-18,20-21,23-27,30,33-38,40-41,43-52,54-55,57-61H2,1-6H3,(H-,66,68,70,71)/b22-19-,29-28-,32-31-,42-39-,56-53-. The Morgan fingerprint density at radius 3 is 1.27 bits per heavy atom. The first-order chi connectivity index (χ1) is 36.4. The Labute approximate surface area is 464 Å². The number of nitrogens with zero attached hydrogens (tertiary/aromatic N) is 1. The van der Waals surface area contributed by atoms with Gasteiger partial charge in [-0.25, -0.2) is 0 Å². The maximum absolute atomic E-state index is 13.5. The lowest BCUT2D eigenvalue weighted by Gasteiger charge is -2.30. The quantitative estimate of drug-likeness (QED) is 0.0212. The number of esters is 1. The van der Waals surface area contributed by atoms with Crippen LogP contribution in [-0.4, -0.2) is 69.4 Å². The van der Waals surface area contributed by atoms with E-state index in [0.29, 0.717) is 23.9 Å². The first-order valence-corrected chi connectivity index (χ1v) is 33.1. The predicted octanol–water partition coefficient (Wildman–Crippen LogP) is 18.8. The molecule has 0 spiro atoms. The average Bonchev–Trinajstić information content (AvgIpc) is 3.37. The number of hydrogen-bond donors (Lipinski definition) is 1. The molecular formula is C65H121N2O7P. The molecule has 10 heteroatoms. The number of carbonyl (C=O) groups excluding carboxylic acids is 2. The lowest BCUT2D eigenvalue weighted by molar-refractivity contribution is -0.870. The summed E-state index contributed by atoms with van der Waals surface area (Å²) in [4.78, 5) is 40.0. The van der Waals surface area contributed by atoms with Crippen molar-refractivity contribution in [2.24, 2.45) is 0 Å². The minimum atomic E-state index is -4.70. The number of nitrogens with one attached hydrogen (secondary N) is 1. The van der Waals surface area contributed by atoms with Gasteiger partial charge in [-0.2, -0.15) is 0 Å². The van der Waals surface area contributed by atoms with Gasteiger partial charge >= 0.3 is 5.97 Å². The van der Waals surface area contributed by atoms with Crippen LogP contribution in [0.4, 0.5) is 0 Å². The van der Waals surface area contributed by atoms with Crippen LogP contribution in [0.5, 0.6) is 0 Å². The molecule has 438 valence electrons. The molecular weight excluding hydrogens is 952 g/mol. The van der Waals surface area contributed by atoms with E-state index in [2.05, 4.69) is 74.7 Å². The molecule has 0 aromatic carbocycles. The summed E-state index contributed by atoms with van der Waals surface area (Å²) in [7, 11) is 1.18. The number of amides is 1. The number of quaternary nitrogens is 1. The van der Waals surface area contributed by atoms with Gasteiger partial charge in [0.2, 0.25) is 5.91 Å². The van der Waals surface area contributed by atoms with Gasteiger partial charge in [0.25, 0.3) is 7.82 Å². The second-order valence-corrected chi connectivity index (χ2v) is 24.0. The summed E-state index contributed by atoms with van der Waals surface area (Å²) >= 11 is 0. The smallest absolute Gasteiger partial charge is 0.306 e. The molecule has 0 fully saturated rings. The second-order valence-electron chi connectivity index (χ2n) is 22.6. The predicted molar refractivity (Wildman–Crippen MR) is 321 cm³/mol. The van der Waals surface area contributed by atoms with Crippen molar-refractivity contribution in [3.05, 3.63) is 60.8 Å². The number of phosphoric ester groups is 1. The summed E-state index contributed by atoms with van der Waals surface area (Å²) in [6.07, 6.45) is 69.0. The van der Waals surface area contributed by atoms with Crippen molar-refractivity contribution in [2.45, 2.75) is 303 Å². The highest BCUT2D eigenvalue weighted by Crippen LogP contribution is 2.38. The first-order valence-electron chi connectivity index (χ1n) is 31.6. The van der Waals surface area contributed by atoms with Crippen molar-refractivity contribution >= 4 is 19.7 Å². The van der Waals surface area contributed by atoms with Crippen LogP contribution < -0.4 is 10.2 Å². The molecule has 3 atom stereocenters. The van der Waals surface area contributed by atoms with Gasteiger partial charge in [0.05, 0.1) is 33.8 Å². The van der Waals surface area contributed by atoms with Crippen LogP contribution in [0.2, 0.25) is 0 Å². The van der Waals surface area contributed by atoms with Gasteiger partial charge in [-0.3, -0.25) is 14.2 Å². The van der Waals surface area contributed by atoms with E-state index in [1.165, 1.54) is 167 Å². The minimum absolute atomic E-state index is 0.0262. The van der Waals surface area contributed by atoms with Crippen molar-refractivity contribution in [1.29, 1.82) is 0 Å². The number of unbranched alkanes of at least 4 members (excludes halogenated alkanes) is 33. The maximum atomic E-state index is 13.5. The fourth-order valence-corrected chi connectivity index (χ4v) is 9.72. The SMILES string of the molecule is CCCCC/C=C\C/C=C\C/C=C\CCCCCCCCCCCCC(=O)OC(/C=C\CCCCCCCCCCCCC)C(COP(=O)([O-])OCC[N+](C)(C)C)NC(=O)CCCCC/C=C\CCCCCCCC. The molecule has 0 bridgehead atoms. The van der Waals surface area contributed by atoms with Crippen LogP contribution in [0.1, 0.15) is 290 Å². The second kappa shape index (κ2) is 55.0. The molecule has 0 saturated heterocycles. The number of ether oxygens (including phenoxy) is 1. The summed E-state index contributed by atoms with van der Waals surface area (Å²) in [6, 6.07) is -0.898. The molecule has 0 saturated carbocycles. The van der Waals surface area contributed by atoms with Gasteiger partial charge in [0.15, 0.2) is 0 Å². The van der Waals surface area contributed by atoms with Crippen LogP contribution in [0.15, 0.2) is 60.8 Å². The van der Waals surface area contributed by atoms with Crippen LogP contribution in [0, 0.1) is 0 Å². The Hall–Kier alpha value is -2.29. The molecule has 0 radical (unpaired) electrons. The Kier molecular flexibility index (Phi) is 53.4. The highest BCUT2D eigenvalue weighted by molar-refractivity contribution is 7.45. The van der Waals surface area contributed by atoms with Crippen LogP contribution in [0.25, 0.3) is 0 Å². The Balaban J connectivity index is 5.21.